The van der Waals surface area contributed by atoms with Crippen LogP contribution in [0.25, 0.3) is 10.2 Å². The highest BCUT2D eigenvalue weighted by Gasteiger charge is 2.09. The van der Waals surface area contributed by atoms with E-state index in [4.69, 9.17) is 4.74 Å². The molecule has 0 saturated carbocycles. The Kier molecular flexibility index (Phi) is 5.16. The largest absolute Gasteiger partial charge is 0.484 e. The number of hydrogen-bond acceptors (Lipinski definition) is 4. The molecule has 24 heavy (non-hydrogen) atoms. The predicted molar refractivity (Wildman–Crippen MR) is 102 cm³/mol. The second kappa shape index (κ2) is 7.32. The average molecular weight is 405 g/mol. The van der Waals surface area contributed by atoms with Gasteiger partial charge in [-0.05, 0) is 41.8 Å². The van der Waals surface area contributed by atoms with Crippen LogP contribution >= 0.6 is 27.3 Å². The topological polar surface area (TPSA) is 51.2 Å². The summed E-state index contributed by atoms with van der Waals surface area (Å²) in [7, 11) is 0. The smallest absolute Gasteiger partial charge is 0.264 e. The number of thiazole rings is 1. The molecule has 0 fully saturated rings. The lowest BCUT2D eigenvalue weighted by Crippen LogP contribution is -2.20. The van der Waals surface area contributed by atoms with Crippen LogP contribution in [-0.4, -0.2) is 17.5 Å². The first-order chi connectivity index (χ1) is 11.5. The lowest BCUT2D eigenvalue weighted by Gasteiger charge is -2.08. The van der Waals surface area contributed by atoms with Crippen molar-refractivity contribution in [2.75, 3.05) is 11.9 Å². The first-order valence-corrected chi connectivity index (χ1v) is 9.21. The molecule has 0 saturated heterocycles. The van der Waals surface area contributed by atoms with Crippen molar-refractivity contribution in [3.63, 3.8) is 0 Å². The van der Waals surface area contributed by atoms with Gasteiger partial charge in [0.05, 0.1) is 10.2 Å². The summed E-state index contributed by atoms with van der Waals surface area (Å²) in [5.41, 5.74) is 2.11. The van der Waals surface area contributed by atoms with Gasteiger partial charge in [-0.2, -0.15) is 0 Å². The van der Waals surface area contributed by atoms with Crippen molar-refractivity contribution < 1.29 is 9.53 Å². The number of benzene rings is 2. The van der Waals surface area contributed by atoms with Crippen molar-refractivity contribution in [3.8, 4) is 5.75 Å². The third-order valence-corrected chi connectivity index (χ3v) is 4.94. The number of anilines is 1. The monoisotopic (exact) mass is 404 g/mol. The molecule has 2 aromatic carbocycles. The molecule has 6 heteroatoms. The Morgan fingerprint density at radius 2 is 2.00 bits per heavy atom. The molecule has 0 atom stereocenters. The molecule has 0 radical (unpaired) electrons. The fourth-order valence-corrected chi connectivity index (χ4v) is 3.64. The molecule has 4 nitrogen and oxygen atoms in total. The fourth-order valence-electron chi connectivity index (χ4n) is 2.21. The van der Waals surface area contributed by atoms with Crippen LogP contribution in [0.2, 0.25) is 0 Å². The Balaban J connectivity index is 1.58. The van der Waals surface area contributed by atoms with Crippen LogP contribution in [0.1, 0.15) is 25.3 Å². The van der Waals surface area contributed by atoms with Gasteiger partial charge in [0.15, 0.2) is 11.7 Å². The highest BCUT2D eigenvalue weighted by molar-refractivity contribution is 9.10. The Morgan fingerprint density at radius 3 is 2.71 bits per heavy atom. The van der Waals surface area contributed by atoms with Crippen LogP contribution in [0, 0.1) is 0 Å². The van der Waals surface area contributed by atoms with Crippen molar-refractivity contribution in [3.05, 3.63) is 52.5 Å². The fraction of sp³-hybridized carbons (Fsp3) is 0.222. The molecule has 0 aliphatic heterocycles. The maximum absolute atomic E-state index is 12.0. The van der Waals surface area contributed by atoms with Crippen molar-refractivity contribution in [2.45, 2.75) is 19.8 Å². The lowest BCUT2D eigenvalue weighted by atomic mass is 10.0. The maximum atomic E-state index is 12.0. The van der Waals surface area contributed by atoms with E-state index >= 15 is 0 Å². The Bertz CT molecular complexity index is 859. The quantitative estimate of drug-likeness (QED) is 0.635. The third-order valence-electron chi connectivity index (χ3n) is 3.51. The van der Waals surface area contributed by atoms with Gasteiger partial charge in [-0.3, -0.25) is 10.1 Å². The normalized spacial score (nSPS) is 11.0. The van der Waals surface area contributed by atoms with Crippen molar-refractivity contribution in [1.82, 2.24) is 4.98 Å². The number of ether oxygens (including phenoxy) is 1. The Labute approximate surface area is 153 Å². The number of carbonyl (C=O) groups excluding carboxylic acids is 1. The van der Waals surface area contributed by atoms with E-state index in [2.05, 4.69) is 40.1 Å². The number of hydrogen-bond donors (Lipinski definition) is 1. The number of fused-ring (bicyclic) bond motifs is 1. The number of carbonyl (C=O) groups is 1. The van der Waals surface area contributed by atoms with Gasteiger partial charge in [-0.25, -0.2) is 4.98 Å². The molecule has 0 aliphatic rings. The van der Waals surface area contributed by atoms with Crippen molar-refractivity contribution in [1.29, 1.82) is 0 Å². The van der Waals surface area contributed by atoms with Crippen LogP contribution in [0.4, 0.5) is 5.13 Å². The number of nitrogens with zero attached hydrogens (tertiary/aromatic N) is 1. The number of halogens is 1. The molecule has 0 bridgehead atoms. The summed E-state index contributed by atoms with van der Waals surface area (Å²) in [5, 5.41) is 3.35. The van der Waals surface area contributed by atoms with E-state index in [0.29, 0.717) is 16.8 Å². The third kappa shape index (κ3) is 4.13. The standard InChI is InChI=1S/C18H17BrN2O2S/c1-11(2)12-3-6-14(7-4-12)23-10-17(22)21-18-20-15-8-5-13(19)9-16(15)24-18/h3-9,11H,10H2,1-2H3,(H,20,21,22). The van der Waals surface area contributed by atoms with Gasteiger partial charge in [0.1, 0.15) is 5.75 Å². The van der Waals surface area contributed by atoms with Crippen LogP contribution in [0.3, 0.4) is 0 Å². The molecular formula is C18H17BrN2O2S. The highest BCUT2D eigenvalue weighted by Crippen LogP contribution is 2.28. The van der Waals surface area contributed by atoms with Crippen LogP contribution in [-0.2, 0) is 4.79 Å². The average Bonchev–Trinajstić information content (AvgIpc) is 2.94. The van der Waals surface area contributed by atoms with E-state index in [1.807, 2.05) is 42.5 Å². The van der Waals surface area contributed by atoms with Crippen LogP contribution < -0.4 is 10.1 Å². The van der Waals surface area contributed by atoms with Gasteiger partial charge in [-0.15, -0.1) is 0 Å². The second-order valence-electron chi connectivity index (χ2n) is 5.69. The Hall–Kier alpha value is -1.92. The summed E-state index contributed by atoms with van der Waals surface area (Å²) < 4.78 is 7.53. The summed E-state index contributed by atoms with van der Waals surface area (Å²) in [6.45, 7) is 4.24. The first kappa shape index (κ1) is 16.9. The first-order valence-electron chi connectivity index (χ1n) is 7.60. The van der Waals surface area contributed by atoms with Crippen LogP contribution in [0.15, 0.2) is 46.9 Å². The zero-order valence-electron chi connectivity index (χ0n) is 13.4. The van der Waals surface area contributed by atoms with Gasteiger partial charge in [0.2, 0.25) is 0 Å². The van der Waals surface area contributed by atoms with E-state index in [1.54, 1.807) is 0 Å². The van der Waals surface area contributed by atoms with Gasteiger partial charge in [-0.1, -0.05) is 53.2 Å². The van der Waals surface area contributed by atoms with E-state index in [0.717, 1.165) is 14.7 Å². The van der Waals surface area contributed by atoms with Gasteiger partial charge >= 0.3 is 0 Å². The maximum Gasteiger partial charge on any atom is 0.264 e. The number of aromatic nitrogens is 1. The summed E-state index contributed by atoms with van der Waals surface area (Å²) in [6.07, 6.45) is 0. The zero-order valence-corrected chi connectivity index (χ0v) is 15.8. The van der Waals surface area contributed by atoms with Gasteiger partial charge < -0.3 is 4.74 Å². The lowest BCUT2D eigenvalue weighted by molar-refractivity contribution is -0.118. The molecular weight excluding hydrogens is 388 g/mol. The molecule has 0 spiro atoms. The number of rotatable bonds is 5. The minimum Gasteiger partial charge on any atom is -0.484 e. The SMILES string of the molecule is CC(C)c1ccc(OCC(=O)Nc2nc3ccc(Br)cc3s2)cc1. The molecule has 0 aliphatic carbocycles. The minimum atomic E-state index is -0.221. The van der Waals surface area contributed by atoms with Crippen LogP contribution in [0.5, 0.6) is 5.75 Å². The van der Waals surface area contributed by atoms with E-state index in [-0.39, 0.29) is 12.5 Å². The molecule has 3 aromatic rings. The zero-order chi connectivity index (χ0) is 17.1. The molecule has 1 amide bonds. The van der Waals surface area contributed by atoms with Crippen molar-refractivity contribution in [2.24, 2.45) is 0 Å². The second-order valence-corrected chi connectivity index (χ2v) is 7.64. The highest BCUT2D eigenvalue weighted by atomic mass is 79.9. The molecule has 1 N–H and O–H groups in total. The van der Waals surface area contributed by atoms with Gasteiger partial charge in [0.25, 0.3) is 5.91 Å². The van der Waals surface area contributed by atoms with E-state index in [1.165, 1.54) is 16.9 Å². The molecule has 124 valence electrons. The predicted octanol–water partition coefficient (Wildman–Crippen LogP) is 5.20. The summed E-state index contributed by atoms with van der Waals surface area (Å²) in [6, 6.07) is 13.6. The van der Waals surface area contributed by atoms with E-state index in [9.17, 15) is 4.79 Å². The Morgan fingerprint density at radius 1 is 1.25 bits per heavy atom. The van der Waals surface area contributed by atoms with Crippen molar-refractivity contribution >= 4 is 48.5 Å². The van der Waals surface area contributed by atoms with E-state index < -0.39 is 0 Å². The molecule has 0 unspecified atom stereocenters. The van der Waals surface area contributed by atoms with Gasteiger partial charge in [0, 0.05) is 4.47 Å². The summed E-state index contributed by atoms with van der Waals surface area (Å²) in [4.78, 5) is 16.4. The number of nitrogens with one attached hydrogen (secondary N) is 1. The molecule has 1 aromatic heterocycles. The summed E-state index contributed by atoms with van der Waals surface area (Å²) >= 11 is 4.87. The number of amides is 1. The molecule has 1 heterocycles. The molecule has 3 rings (SSSR count). The minimum absolute atomic E-state index is 0.0410. The summed E-state index contributed by atoms with van der Waals surface area (Å²) in [5.74, 6) is 0.935.